The summed E-state index contributed by atoms with van der Waals surface area (Å²) in [7, 11) is -0.792. The van der Waals surface area contributed by atoms with Gasteiger partial charge in [-0.25, -0.2) is 0 Å². The van der Waals surface area contributed by atoms with Crippen LogP contribution < -0.4 is 20.4 Å². The van der Waals surface area contributed by atoms with E-state index in [4.69, 9.17) is 0 Å². The second kappa shape index (κ2) is 25.6. The van der Waals surface area contributed by atoms with Gasteiger partial charge in [-0.3, -0.25) is 0 Å². The minimum atomic E-state index is -1.31. The number of aliphatic carboxylic acids is 4. The Morgan fingerprint density at radius 1 is 0.562 bits per heavy atom. The number of carbonyl (C=O) groups excluding carboxylic acids is 4. The molecule has 0 aliphatic heterocycles. The Labute approximate surface area is 271 Å². The van der Waals surface area contributed by atoms with Crippen molar-refractivity contribution in [2.75, 3.05) is 23.0 Å². The number of carboxylic acid groups (broad SMARTS) is 4. The molecule has 0 amide bonds. The number of hydrogen-bond donors (Lipinski definition) is 0. The van der Waals surface area contributed by atoms with Crippen LogP contribution in [-0.2, 0) is 41.0 Å². The maximum absolute atomic E-state index is 10.8. The second-order valence-electron chi connectivity index (χ2n) is 6.66. The maximum Gasteiger partial charge on any atom is 2.00 e. The molecule has 0 fully saturated rings. The molecule has 176 valence electrons. The first-order valence-electron chi connectivity index (χ1n) is 10.2. The van der Waals surface area contributed by atoms with E-state index in [0.29, 0.717) is 0 Å². The van der Waals surface area contributed by atoms with Crippen molar-refractivity contribution in [2.24, 2.45) is 0 Å². The zero-order valence-corrected chi connectivity index (χ0v) is 28.3. The summed E-state index contributed by atoms with van der Waals surface area (Å²) in [5, 5.41) is 40.8. The van der Waals surface area contributed by atoms with E-state index in [-0.39, 0.29) is 91.0 Å². The number of carbonyl (C=O) groups is 4. The van der Waals surface area contributed by atoms with Gasteiger partial charge in [-0.05, 0) is 47.5 Å². The van der Waals surface area contributed by atoms with Gasteiger partial charge in [-0.15, -0.1) is 0 Å². The van der Waals surface area contributed by atoms with Crippen LogP contribution >= 0.6 is 0 Å². The predicted octanol–water partition coefficient (Wildman–Crippen LogP) is -3.40. The molecule has 0 aromatic rings. The minimum absolute atomic E-state index is 0. The third kappa shape index (κ3) is 20.9. The first-order chi connectivity index (χ1) is 14.0. The van der Waals surface area contributed by atoms with E-state index in [9.17, 15) is 39.6 Å². The number of carboxylic acids is 4. The standard InChI is InChI=1S/2C10H18O4S.2Sr/c2*1-3-5-15(6-4-2)8(10(13)14)7-9(11)12;;/h2*8H,3-7H2,1-2H3,(H-,11,12,13,14);;/q;;2*+2/p-2. The summed E-state index contributed by atoms with van der Waals surface area (Å²) in [5.74, 6) is -2.14. The summed E-state index contributed by atoms with van der Waals surface area (Å²) in [6.07, 6.45) is 2.59. The van der Waals surface area contributed by atoms with Gasteiger partial charge < -0.3 is 39.6 Å². The summed E-state index contributed by atoms with van der Waals surface area (Å²) in [6.45, 7) is 7.84. The van der Waals surface area contributed by atoms with Crippen LogP contribution in [0.4, 0.5) is 0 Å². The van der Waals surface area contributed by atoms with Crippen LogP contribution in [0.5, 0.6) is 0 Å². The SMILES string of the molecule is CCC[S+](CCC)C(CC(=O)[O-])C(=O)[O-].CCC[S+](CCC)C(CC(=O)[O-])C(=O)[O-].[Sr+2].[Sr+2]. The molecule has 32 heavy (non-hydrogen) atoms. The fourth-order valence-electron chi connectivity index (χ4n) is 2.80. The van der Waals surface area contributed by atoms with Gasteiger partial charge in [0.15, 0.2) is 10.5 Å². The average molecular weight is 642 g/mol. The van der Waals surface area contributed by atoms with Crippen LogP contribution in [0.2, 0.25) is 0 Å². The van der Waals surface area contributed by atoms with E-state index < -0.39 is 69.0 Å². The molecular formula is C20H34O8S2Sr2+2. The van der Waals surface area contributed by atoms with E-state index in [0.717, 1.165) is 48.7 Å². The van der Waals surface area contributed by atoms with Crippen molar-refractivity contribution in [2.45, 2.75) is 76.7 Å². The van der Waals surface area contributed by atoms with Crippen LogP contribution in [0.3, 0.4) is 0 Å². The van der Waals surface area contributed by atoms with Crippen molar-refractivity contribution < 1.29 is 39.6 Å². The minimum Gasteiger partial charge on any atom is -0.550 e. The molecule has 2 atom stereocenters. The van der Waals surface area contributed by atoms with Crippen LogP contribution in [0.15, 0.2) is 0 Å². The Hall–Kier alpha value is 1.54. The van der Waals surface area contributed by atoms with Crippen molar-refractivity contribution in [3.8, 4) is 0 Å². The van der Waals surface area contributed by atoms with Gasteiger partial charge >= 0.3 is 91.0 Å². The van der Waals surface area contributed by atoms with Gasteiger partial charge in [0.2, 0.25) is 0 Å². The summed E-state index contributed by atoms with van der Waals surface area (Å²) < 4.78 is 0. The fraction of sp³-hybridized carbons (Fsp3) is 0.800. The normalized spacial score (nSPS) is 11.9. The van der Waals surface area contributed by atoms with Crippen molar-refractivity contribution in [1.29, 1.82) is 0 Å². The molecule has 0 saturated carbocycles. The molecule has 0 aromatic heterocycles. The quantitative estimate of drug-likeness (QED) is 0.125. The molecular weight excluding hydrogens is 608 g/mol. The Morgan fingerprint density at radius 3 is 0.906 bits per heavy atom. The van der Waals surface area contributed by atoms with Crippen molar-refractivity contribution >= 4 is 137 Å². The molecule has 0 bridgehead atoms. The molecule has 0 heterocycles. The Kier molecular flexibility index (Phi) is 32.6. The molecule has 0 radical (unpaired) electrons. The van der Waals surface area contributed by atoms with E-state index in [1.54, 1.807) is 0 Å². The molecule has 0 N–H and O–H groups in total. The smallest absolute Gasteiger partial charge is 0.550 e. The molecule has 2 unspecified atom stereocenters. The van der Waals surface area contributed by atoms with Gasteiger partial charge in [0.25, 0.3) is 0 Å². The van der Waals surface area contributed by atoms with Crippen LogP contribution in [0.1, 0.15) is 66.2 Å². The van der Waals surface area contributed by atoms with Crippen LogP contribution in [-0.4, -0.2) is 148 Å². The predicted molar refractivity (Wildman–Crippen MR) is 124 cm³/mol. The third-order valence-corrected chi connectivity index (χ3v) is 9.96. The molecule has 8 nitrogen and oxygen atoms in total. The van der Waals surface area contributed by atoms with Gasteiger partial charge in [-0.2, -0.15) is 0 Å². The number of rotatable bonds is 16. The maximum atomic E-state index is 10.8. The Morgan fingerprint density at radius 2 is 0.781 bits per heavy atom. The van der Waals surface area contributed by atoms with Crippen LogP contribution in [0.25, 0.3) is 0 Å². The van der Waals surface area contributed by atoms with Crippen molar-refractivity contribution in [3.05, 3.63) is 0 Å². The molecule has 0 saturated heterocycles. The van der Waals surface area contributed by atoms with E-state index in [1.807, 2.05) is 27.7 Å². The first-order valence-corrected chi connectivity index (χ1v) is 13.4. The summed E-state index contributed by atoms with van der Waals surface area (Å²) in [4.78, 5) is 42.5. The topological polar surface area (TPSA) is 161 Å². The zero-order chi connectivity index (χ0) is 23.7. The molecule has 0 aliphatic rings. The van der Waals surface area contributed by atoms with Crippen LogP contribution in [0, 0.1) is 0 Å². The second-order valence-corrected chi connectivity index (χ2v) is 11.6. The Balaban J connectivity index is -0.000000231. The van der Waals surface area contributed by atoms with Crippen molar-refractivity contribution in [1.82, 2.24) is 0 Å². The van der Waals surface area contributed by atoms with E-state index in [1.165, 1.54) is 0 Å². The Bertz CT molecular complexity index is 480. The average Bonchev–Trinajstić information content (AvgIpc) is 2.64. The molecule has 12 heteroatoms. The molecule has 0 spiro atoms. The summed E-state index contributed by atoms with van der Waals surface area (Å²) in [6, 6.07) is 0. The third-order valence-electron chi connectivity index (χ3n) is 3.90. The monoisotopic (exact) mass is 642 g/mol. The molecule has 0 aromatic carbocycles. The number of hydrogen-bond acceptors (Lipinski definition) is 8. The largest absolute Gasteiger partial charge is 2.00 e. The van der Waals surface area contributed by atoms with Gasteiger partial charge in [0.1, 0.15) is 23.0 Å². The van der Waals surface area contributed by atoms with Crippen molar-refractivity contribution in [3.63, 3.8) is 0 Å². The van der Waals surface area contributed by atoms with Gasteiger partial charge in [0, 0.05) is 24.8 Å². The van der Waals surface area contributed by atoms with E-state index >= 15 is 0 Å². The molecule has 0 rings (SSSR count). The summed E-state index contributed by atoms with van der Waals surface area (Å²) >= 11 is 0. The zero-order valence-electron chi connectivity index (χ0n) is 19.7. The van der Waals surface area contributed by atoms with E-state index in [2.05, 4.69) is 0 Å². The first kappa shape index (κ1) is 40.7. The molecule has 0 aliphatic carbocycles. The van der Waals surface area contributed by atoms with Gasteiger partial charge in [0.05, 0.1) is 11.9 Å². The summed E-state index contributed by atoms with van der Waals surface area (Å²) in [5.41, 5.74) is 0. The van der Waals surface area contributed by atoms with Gasteiger partial charge in [-0.1, -0.05) is 27.7 Å². The fourth-order valence-corrected chi connectivity index (χ4v) is 7.73.